The zero-order valence-corrected chi connectivity index (χ0v) is 19.6. The summed E-state index contributed by atoms with van der Waals surface area (Å²) in [5.41, 5.74) is 1.60. The summed E-state index contributed by atoms with van der Waals surface area (Å²) in [5, 5.41) is 3.32. The number of carbonyl (C=O) groups is 1. The van der Waals surface area contributed by atoms with Gasteiger partial charge in [0.1, 0.15) is 0 Å². The van der Waals surface area contributed by atoms with Gasteiger partial charge in [-0.2, -0.15) is 0 Å². The Bertz CT molecular complexity index is 857. The molecule has 1 amide bonds. The standard InChI is InChI=1S/C26H37N3O4/c30-24(14-20-16-31-17-20)27-23-15-26(23)7-4-19(5-8-26)6-9-28-10-12-29(13-11-28)21-2-1-3-22-25(21)33-18-32-22/h1-3,19-20,23H,4-18H2,(H,27,30). The molecule has 3 aliphatic heterocycles. The van der Waals surface area contributed by atoms with Crippen molar-refractivity contribution < 1.29 is 19.0 Å². The molecule has 7 nitrogen and oxygen atoms in total. The quantitative estimate of drug-likeness (QED) is 0.682. The molecule has 0 radical (unpaired) electrons. The first-order valence-corrected chi connectivity index (χ1v) is 12.9. The van der Waals surface area contributed by atoms with Crippen molar-refractivity contribution in [2.24, 2.45) is 17.3 Å². The third-order valence-electron chi connectivity index (χ3n) is 8.75. The molecule has 2 saturated heterocycles. The summed E-state index contributed by atoms with van der Waals surface area (Å²) in [6, 6.07) is 6.63. The molecule has 2 saturated carbocycles. The number of anilines is 1. The van der Waals surface area contributed by atoms with Crippen molar-refractivity contribution in [3.63, 3.8) is 0 Å². The Labute approximate surface area is 196 Å². The SMILES string of the molecule is O=C(CC1COC1)NC1CC12CCC(CCN1CCN(c3cccc4c3OCO4)CC1)CC2. The third-order valence-corrected chi connectivity index (χ3v) is 8.75. The Morgan fingerprint density at radius 2 is 1.88 bits per heavy atom. The average Bonchev–Trinajstić information content (AvgIpc) is 3.23. The van der Waals surface area contributed by atoms with Gasteiger partial charge in [-0.05, 0) is 68.5 Å². The molecule has 1 atom stereocenters. The second kappa shape index (κ2) is 8.99. The molecule has 0 aromatic heterocycles. The van der Waals surface area contributed by atoms with Crippen LogP contribution in [-0.2, 0) is 9.53 Å². The highest BCUT2D eigenvalue weighted by molar-refractivity contribution is 5.77. The number of nitrogens with zero attached hydrogens (tertiary/aromatic N) is 2. The monoisotopic (exact) mass is 455 g/mol. The fourth-order valence-electron chi connectivity index (χ4n) is 6.30. The number of fused-ring (bicyclic) bond motifs is 1. The second-order valence-corrected chi connectivity index (χ2v) is 10.9. The summed E-state index contributed by atoms with van der Waals surface area (Å²) in [7, 11) is 0. The maximum absolute atomic E-state index is 12.2. The van der Waals surface area contributed by atoms with Gasteiger partial charge in [0.15, 0.2) is 11.5 Å². The number of hydrogen-bond donors (Lipinski definition) is 1. The maximum Gasteiger partial charge on any atom is 0.231 e. The lowest BCUT2D eigenvalue weighted by molar-refractivity contribution is -0.126. The summed E-state index contributed by atoms with van der Waals surface area (Å²) < 4.78 is 16.4. The fraction of sp³-hybridized carbons (Fsp3) is 0.731. The van der Waals surface area contributed by atoms with Crippen LogP contribution in [0.1, 0.15) is 44.9 Å². The zero-order valence-electron chi connectivity index (χ0n) is 19.6. The normalized spacial score (nSPS) is 31.5. The predicted molar refractivity (Wildman–Crippen MR) is 126 cm³/mol. The molecule has 0 bridgehead atoms. The predicted octanol–water partition coefficient (Wildman–Crippen LogP) is 3.03. The van der Waals surface area contributed by atoms with Crippen LogP contribution in [0.4, 0.5) is 5.69 Å². The highest BCUT2D eigenvalue weighted by Crippen LogP contribution is 2.57. The molecule has 33 heavy (non-hydrogen) atoms. The largest absolute Gasteiger partial charge is 0.454 e. The molecule has 5 aliphatic rings. The van der Waals surface area contributed by atoms with E-state index in [-0.39, 0.29) is 5.91 Å². The Morgan fingerprint density at radius 1 is 1.06 bits per heavy atom. The van der Waals surface area contributed by atoms with E-state index in [9.17, 15) is 4.79 Å². The van der Waals surface area contributed by atoms with E-state index in [2.05, 4.69) is 27.2 Å². The first-order chi connectivity index (χ1) is 16.2. The van der Waals surface area contributed by atoms with Crippen LogP contribution in [0.15, 0.2) is 18.2 Å². The Morgan fingerprint density at radius 3 is 2.64 bits per heavy atom. The Balaban J connectivity index is 0.901. The van der Waals surface area contributed by atoms with Gasteiger partial charge in [-0.25, -0.2) is 0 Å². The minimum Gasteiger partial charge on any atom is -0.454 e. The molecule has 1 aromatic carbocycles. The number of nitrogens with one attached hydrogen (secondary N) is 1. The molecule has 2 aliphatic carbocycles. The van der Waals surface area contributed by atoms with Crippen LogP contribution in [0.5, 0.6) is 11.5 Å². The minimum atomic E-state index is 0.242. The molecule has 7 heteroatoms. The van der Waals surface area contributed by atoms with Gasteiger partial charge in [0.25, 0.3) is 0 Å². The number of rotatable bonds is 7. The van der Waals surface area contributed by atoms with E-state index in [0.29, 0.717) is 30.6 Å². The van der Waals surface area contributed by atoms with Gasteiger partial charge in [-0.15, -0.1) is 0 Å². The van der Waals surface area contributed by atoms with Crippen LogP contribution >= 0.6 is 0 Å². The van der Waals surface area contributed by atoms with Gasteiger partial charge < -0.3 is 24.4 Å². The minimum absolute atomic E-state index is 0.242. The van der Waals surface area contributed by atoms with Crippen molar-refractivity contribution in [1.29, 1.82) is 0 Å². The molecule has 6 rings (SSSR count). The lowest BCUT2D eigenvalue weighted by Crippen LogP contribution is -2.47. The van der Waals surface area contributed by atoms with E-state index in [1.807, 2.05) is 6.07 Å². The molecule has 4 fully saturated rings. The van der Waals surface area contributed by atoms with Gasteiger partial charge in [0.05, 0.1) is 18.9 Å². The molecule has 3 heterocycles. The average molecular weight is 456 g/mol. The van der Waals surface area contributed by atoms with Crippen LogP contribution in [0, 0.1) is 17.3 Å². The second-order valence-electron chi connectivity index (χ2n) is 10.9. The van der Waals surface area contributed by atoms with E-state index < -0.39 is 0 Å². The smallest absolute Gasteiger partial charge is 0.231 e. The molecule has 1 spiro atoms. The fourth-order valence-corrected chi connectivity index (χ4v) is 6.30. The maximum atomic E-state index is 12.2. The van der Waals surface area contributed by atoms with Crippen LogP contribution < -0.4 is 19.7 Å². The molecular formula is C26H37N3O4. The van der Waals surface area contributed by atoms with Gasteiger partial charge in [0.2, 0.25) is 12.7 Å². The van der Waals surface area contributed by atoms with Crippen molar-refractivity contribution in [3.05, 3.63) is 18.2 Å². The van der Waals surface area contributed by atoms with E-state index in [4.69, 9.17) is 14.2 Å². The first-order valence-electron chi connectivity index (χ1n) is 12.9. The van der Waals surface area contributed by atoms with Crippen LogP contribution in [0.3, 0.4) is 0 Å². The topological polar surface area (TPSA) is 63.3 Å². The number of ether oxygens (including phenoxy) is 3. The summed E-state index contributed by atoms with van der Waals surface area (Å²) in [6.07, 6.45) is 8.41. The lowest BCUT2D eigenvalue weighted by Gasteiger charge is -2.37. The third kappa shape index (κ3) is 4.54. The van der Waals surface area contributed by atoms with E-state index in [1.165, 1.54) is 50.8 Å². The molecule has 1 N–H and O–H groups in total. The number of hydrogen-bond acceptors (Lipinski definition) is 6. The summed E-state index contributed by atoms with van der Waals surface area (Å²) in [4.78, 5) is 17.3. The molecule has 180 valence electrons. The van der Waals surface area contributed by atoms with Crippen molar-refractivity contribution >= 4 is 11.6 Å². The van der Waals surface area contributed by atoms with Gasteiger partial charge in [0, 0.05) is 44.6 Å². The van der Waals surface area contributed by atoms with E-state index in [0.717, 1.165) is 56.8 Å². The Hall–Kier alpha value is -1.99. The van der Waals surface area contributed by atoms with E-state index >= 15 is 0 Å². The van der Waals surface area contributed by atoms with Gasteiger partial charge >= 0.3 is 0 Å². The number of carbonyl (C=O) groups excluding carboxylic acids is 1. The zero-order chi connectivity index (χ0) is 22.3. The van der Waals surface area contributed by atoms with Crippen molar-refractivity contribution in [2.75, 3.05) is 57.6 Å². The van der Waals surface area contributed by atoms with Crippen LogP contribution in [0.2, 0.25) is 0 Å². The highest BCUT2D eigenvalue weighted by atomic mass is 16.7. The summed E-state index contributed by atoms with van der Waals surface area (Å²) >= 11 is 0. The van der Waals surface area contributed by atoms with Crippen molar-refractivity contribution in [3.8, 4) is 11.5 Å². The number of amides is 1. The molecular weight excluding hydrogens is 418 g/mol. The van der Waals surface area contributed by atoms with Gasteiger partial charge in [-0.3, -0.25) is 9.69 Å². The van der Waals surface area contributed by atoms with Crippen LogP contribution in [-0.4, -0.2) is 69.6 Å². The van der Waals surface area contributed by atoms with Crippen LogP contribution in [0.25, 0.3) is 0 Å². The summed E-state index contributed by atoms with van der Waals surface area (Å²) in [6.45, 7) is 7.38. The highest BCUT2D eigenvalue weighted by Gasteiger charge is 2.55. The lowest BCUT2D eigenvalue weighted by atomic mass is 9.78. The van der Waals surface area contributed by atoms with Crippen molar-refractivity contribution in [2.45, 2.75) is 51.0 Å². The summed E-state index contributed by atoms with van der Waals surface area (Å²) in [5.74, 6) is 3.32. The van der Waals surface area contributed by atoms with Crippen molar-refractivity contribution in [1.82, 2.24) is 10.2 Å². The molecule has 1 unspecified atom stereocenters. The number of para-hydroxylation sites is 1. The number of benzene rings is 1. The van der Waals surface area contributed by atoms with Gasteiger partial charge in [-0.1, -0.05) is 6.07 Å². The van der Waals surface area contributed by atoms with E-state index in [1.54, 1.807) is 0 Å². The number of piperazine rings is 1. The first kappa shape index (κ1) is 21.5. The Kier molecular flexibility index (Phi) is 5.87. The molecule has 1 aromatic rings.